The number of nitrogens with zero attached hydrogens (tertiary/aromatic N) is 5. The van der Waals surface area contributed by atoms with Gasteiger partial charge in [0.1, 0.15) is 11.4 Å². The van der Waals surface area contributed by atoms with Crippen molar-refractivity contribution in [2.45, 2.75) is 25.7 Å². The number of hydrogen-bond acceptors (Lipinski definition) is 12. The highest BCUT2D eigenvalue weighted by Gasteiger charge is 2.36. The number of nitro groups is 4. The van der Waals surface area contributed by atoms with Crippen LogP contribution in [0.25, 0.3) is 0 Å². The van der Waals surface area contributed by atoms with E-state index in [4.69, 9.17) is 5.73 Å². The lowest BCUT2D eigenvalue weighted by atomic mass is 10.1. The molecule has 0 unspecified atom stereocenters. The van der Waals surface area contributed by atoms with Crippen LogP contribution < -0.4 is 21.3 Å². The number of rotatable bonds is 18. The summed E-state index contributed by atoms with van der Waals surface area (Å²) in [6.07, 6.45) is 3.05. The topological polar surface area (TPSA) is 226 Å². The predicted molar refractivity (Wildman–Crippen MR) is 140 cm³/mol. The smallest absolute Gasteiger partial charge is 0.330 e. The largest absolute Gasteiger partial charge is 0.369 e. The Kier molecular flexibility index (Phi) is 11.9. The van der Waals surface area contributed by atoms with Gasteiger partial charge in [0.25, 0.3) is 0 Å². The minimum Gasteiger partial charge on any atom is -0.330 e. The molecule has 206 valence electrons. The zero-order valence-corrected chi connectivity index (χ0v) is 20.6. The normalized spacial score (nSPS) is 10.8. The summed E-state index contributed by atoms with van der Waals surface area (Å²) in [5, 5.41) is 53.1. The van der Waals surface area contributed by atoms with Gasteiger partial charge >= 0.3 is 22.7 Å². The number of benzene rings is 2. The summed E-state index contributed by atoms with van der Waals surface area (Å²) in [7, 11) is 0. The van der Waals surface area contributed by atoms with E-state index >= 15 is 0 Å². The fraction of sp³-hybridized carbons (Fsp3) is 0.455. The van der Waals surface area contributed by atoms with E-state index in [1.54, 1.807) is 0 Å². The zero-order valence-electron chi connectivity index (χ0n) is 20.6. The summed E-state index contributed by atoms with van der Waals surface area (Å²) in [5.74, 6) is 0. The number of para-hydroxylation sites is 2. The van der Waals surface area contributed by atoms with Crippen LogP contribution in [0.4, 0.5) is 34.1 Å². The van der Waals surface area contributed by atoms with E-state index in [0.717, 1.165) is 49.4 Å². The van der Waals surface area contributed by atoms with Crippen LogP contribution in [-0.4, -0.2) is 59.0 Å². The van der Waals surface area contributed by atoms with Gasteiger partial charge in [0, 0.05) is 18.7 Å². The molecule has 2 rings (SSSR count). The number of nitro benzene ring substituents is 4. The molecule has 0 aromatic heterocycles. The molecule has 16 nitrogen and oxygen atoms in total. The third-order valence-electron chi connectivity index (χ3n) is 5.58. The van der Waals surface area contributed by atoms with E-state index in [2.05, 4.69) is 10.6 Å². The quantitative estimate of drug-likeness (QED) is 0.142. The van der Waals surface area contributed by atoms with Gasteiger partial charge in [0.2, 0.25) is 0 Å². The average molecular weight is 535 g/mol. The summed E-state index contributed by atoms with van der Waals surface area (Å²) >= 11 is 0. The Morgan fingerprint density at radius 1 is 0.632 bits per heavy atom. The van der Waals surface area contributed by atoms with Crippen molar-refractivity contribution in [3.8, 4) is 0 Å². The van der Waals surface area contributed by atoms with E-state index in [1.165, 1.54) is 24.3 Å². The summed E-state index contributed by atoms with van der Waals surface area (Å²) < 4.78 is 0. The van der Waals surface area contributed by atoms with Crippen LogP contribution in [0.3, 0.4) is 0 Å². The number of anilines is 2. The third-order valence-corrected chi connectivity index (χ3v) is 5.58. The van der Waals surface area contributed by atoms with Crippen molar-refractivity contribution in [2.24, 2.45) is 5.73 Å². The van der Waals surface area contributed by atoms with Crippen molar-refractivity contribution in [2.75, 3.05) is 44.2 Å². The van der Waals surface area contributed by atoms with Crippen molar-refractivity contribution in [1.82, 2.24) is 10.6 Å². The van der Waals surface area contributed by atoms with Gasteiger partial charge in [-0.25, -0.2) is 0 Å². The molecule has 0 fully saturated rings. The van der Waals surface area contributed by atoms with Crippen LogP contribution in [0, 0.1) is 40.5 Å². The zero-order chi connectivity index (χ0) is 28.1. The predicted octanol–water partition coefficient (Wildman–Crippen LogP) is 3.16. The number of hydrogen-bond donors (Lipinski definition) is 3. The van der Waals surface area contributed by atoms with Crippen molar-refractivity contribution < 1.29 is 19.7 Å². The minimum absolute atomic E-state index is 0.0440. The van der Waals surface area contributed by atoms with Crippen molar-refractivity contribution in [3.63, 3.8) is 0 Å². The first kappa shape index (κ1) is 29.9. The van der Waals surface area contributed by atoms with Crippen LogP contribution >= 0.6 is 0 Å². The summed E-state index contributed by atoms with van der Waals surface area (Å²) in [5.41, 5.74) is 1.54. The molecule has 0 saturated heterocycles. The SMILES string of the molecule is NCCCNCCCCNCCCN(c1cccc([N+](=O)[O-])c1[N+](=O)[O-])c1cccc([N+](=O)[O-])c1[N+](=O)[O-]. The molecule has 2 aromatic carbocycles. The first-order chi connectivity index (χ1) is 18.2. The van der Waals surface area contributed by atoms with Gasteiger partial charge in [-0.2, -0.15) is 0 Å². The second kappa shape index (κ2) is 15.1. The van der Waals surface area contributed by atoms with Gasteiger partial charge in [0.05, 0.1) is 19.7 Å². The standard InChI is InChI=1S/C22H30N8O8/c23-11-5-14-24-12-1-2-13-25-15-6-16-26(17-7-3-9-19(27(31)32)21(17)29(35)36)18-8-4-10-20(28(33)34)22(18)30(37)38/h3-4,7-10,24-25H,1-2,5-6,11-16,23H2. The molecule has 0 bridgehead atoms. The molecule has 0 atom stereocenters. The number of nitrogens with one attached hydrogen (secondary N) is 2. The molecule has 4 N–H and O–H groups in total. The maximum Gasteiger partial charge on any atom is 0.369 e. The first-order valence-electron chi connectivity index (χ1n) is 11.9. The molecule has 0 spiro atoms. The van der Waals surface area contributed by atoms with Crippen molar-refractivity contribution >= 4 is 34.1 Å². The Morgan fingerprint density at radius 3 is 1.45 bits per heavy atom. The summed E-state index contributed by atoms with van der Waals surface area (Å²) in [6, 6.07) is 6.78. The molecule has 0 saturated carbocycles. The molecular formula is C22H30N8O8. The van der Waals surface area contributed by atoms with Gasteiger partial charge in [0.15, 0.2) is 0 Å². The maximum atomic E-state index is 11.8. The Morgan fingerprint density at radius 2 is 1.05 bits per heavy atom. The highest BCUT2D eigenvalue weighted by Crippen LogP contribution is 2.45. The van der Waals surface area contributed by atoms with Crippen LogP contribution in [0.5, 0.6) is 0 Å². The second-order valence-corrected chi connectivity index (χ2v) is 8.17. The monoisotopic (exact) mass is 534 g/mol. The molecule has 2 aromatic rings. The first-order valence-corrected chi connectivity index (χ1v) is 11.9. The molecule has 38 heavy (non-hydrogen) atoms. The Hall–Kier alpha value is -4.28. The Balaban J connectivity index is 2.30. The van der Waals surface area contributed by atoms with Gasteiger partial charge in [-0.1, -0.05) is 12.1 Å². The lowest BCUT2D eigenvalue weighted by Gasteiger charge is -2.24. The Bertz CT molecular complexity index is 1070. The lowest BCUT2D eigenvalue weighted by Crippen LogP contribution is -2.26. The molecule has 0 amide bonds. The summed E-state index contributed by atoms with van der Waals surface area (Å²) in [6.45, 7) is 3.41. The lowest BCUT2D eigenvalue weighted by molar-refractivity contribution is -0.422. The average Bonchev–Trinajstić information content (AvgIpc) is 2.88. The highest BCUT2D eigenvalue weighted by atomic mass is 16.6. The molecular weight excluding hydrogens is 504 g/mol. The van der Waals surface area contributed by atoms with Crippen LogP contribution in [0.1, 0.15) is 25.7 Å². The highest BCUT2D eigenvalue weighted by molar-refractivity contribution is 5.84. The van der Waals surface area contributed by atoms with E-state index in [-0.39, 0.29) is 17.9 Å². The molecule has 16 heteroatoms. The summed E-state index contributed by atoms with van der Waals surface area (Å²) in [4.78, 5) is 44.1. The molecule has 0 aliphatic rings. The minimum atomic E-state index is -0.941. The fourth-order valence-electron chi connectivity index (χ4n) is 3.85. The fourth-order valence-corrected chi connectivity index (χ4v) is 3.85. The molecule has 0 heterocycles. The number of unbranched alkanes of at least 4 members (excludes halogenated alkanes) is 1. The van der Waals surface area contributed by atoms with E-state index in [0.29, 0.717) is 26.1 Å². The molecule has 0 radical (unpaired) electrons. The van der Waals surface area contributed by atoms with Crippen molar-refractivity contribution in [1.29, 1.82) is 0 Å². The van der Waals surface area contributed by atoms with Gasteiger partial charge in [-0.15, -0.1) is 0 Å². The van der Waals surface area contributed by atoms with Gasteiger partial charge in [-0.3, -0.25) is 40.5 Å². The van der Waals surface area contributed by atoms with Crippen LogP contribution in [0.2, 0.25) is 0 Å². The molecule has 0 aliphatic heterocycles. The maximum absolute atomic E-state index is 11.8. The van der Waals surface area contributed by atoms with Crippen LogP contribution in [-0.2, 0) is 0 Å². The van der Waals surface area contributed by atoms with E-state index in [9.17, 15) is 40.5 Å². The Labute approximate surface area is 217 Å². The van der Waals surface area contributed by atoms with E-state index in [1.807, 2.05) is 0 Å². The second-order valence-electron chi connectivity index (χ2n) is 8.17. The van der Waals surface area contributed by atoms with Gasteiger partial charge < -0.3 is 21.3 Å². The third kappa shape index (κ3) is 8.12. The number of nitrogens with two attached hydrogens (primary N) is 1. The van der Waals surface area contributed by atoms with Crippen molar-refractivity contribution in [3.05, 3.63) is 76.9 Å². The van der Waals surface area contributed by atoms with Crippen LogP contribution in [0.15, 0.2) is 36.4 Å². The van der Waals surface area contributed by atoms with E-state index < -0.39 is 42.4 Å². The molecule has 0 aliphatic carbocycles. The van der Waals surface area contributed by atoms with Gasteiger partial charge in [-0.05, 0) is 70.5 Å².